The topological polar surface area (TPSA) is 95.9 Å². The van der Waals surface area contributed by atoms with Gasteiger partial charge in [-0.3, -0.25) is 9.59 Å². The molecule has 1 aliphatic carbocycles. The van der Waals surface area contributed by atoms with Crippen LogP contribution in [0.25, 0.3) is 11.1 Å². The van der Waals surface area contributed by atoms with Gasteiger partial charge in [0.15, 0.2) is 0 Å². The van der Waals surface area contributed by atoms with E-state index in [0.717, 1.165) is 22.3 Å². The fourth-order valence-electron chi connectivity index (χ4n) is 4.90. The van der Waals surface area contributed by atoms with Crippen LogP contribution in [0, 0.1) is 5.92 Å². The van der Waals surface area contributed by atoms with Crippen molar-refractivity contribution in [1.82, 2.24) is 10.2 Å². The number of fused-ring (bicyclic) bond motifs is 3. The average molecular weight is 487 g/mol. The Balaban J connectivity index is 1.39. The van der Waals surface area contributed by atoms with Crippen molar-refractivity contribution in [3.05, 3.63) is 59.7 Å². The first-order chi connectivity index (χ1) is 16.8. The number of halogens is 2. The number of rotatable bonds is 8. The van der Waals surface area contributed by atoms with Crippen molar-refractivity contribution in [2.24, 2.45) is 5.92 Å². The van der Waals surface area contributed by atoms with Crippen molar-refractivity contribution in [3.8, 4) is 11.1 Å². The molecule has 9 heteroatoms. The molecule has 0 radical (unpaired) electrons. The first kappa shape index (κ1) is 24.6. The molecular formula is C26H28F2N2O5. The Bertz CT molecular complexity index is 1040. The Hall–Kier alpha value is -3.49. The average Bonchev–Trinajstić information content (AvgIpc) is 3.18. The van der Waals surface area contributed by atoms with Crippen LogP contribution in [-0.2, 0) is 14.3 Å². The van der Waals surface area contributed by atoms with Crippen molar-refractivity contribution in [2.45, 2.75) is 44.1 Å². The van der Waals surface area contributed by atoms with Crippen LogP contribution in [0.2, 0.25) is 0 Å². The van der Waals surface area contributed by atoms with E-state index in [2.05, 4.69) is 5.32 Å². The number of alkyl carbamates (subject to hydrolysis) is 1. The van der Waals surface area contributed by atoms with E-state index in [1.165, 1.54) is 4.90 Å². The number of hydrogen-bond acceptors (Lipinski definition) is 4. The van der Waals surface area contributed by atoms with Crippen molar-refractivity contribution in [1.29, 1.82) is 0 Å². The molecule has 1 saturated heterocycles. The monoisotopic (exact) mass is 486 g/mol. The Morgan fingerprint density at radius 2 is 1.57 bits per heavy atom. The van der Waals surface area contributed by atoms with Gasteiger partial charge < -0.3 is 20.1 Å². The highest BCUT2D eigenvalue weighted by molar-refractivity contribution is 5.86. The summed E-state index contributed by atoms with van der Waals surface area (Å²) < 4.78 is 31.4. The molecule has 2 aromatic carbocycles. The third-order valence-corrected chi connectivity index (χ3v) is 6.79. The van der Waals surface area contributed by atoms with Gasteiger partial charge in [0.05, 0.1) is 0 Å². The number of carbonyl (C=O) groups is 3. The lowest BCUT2D eigenvalue weighted by Crippen LogP contribution is -2.51. The lowest BCUT2D eigenvalue weighted by Gasteiger charge is -2.34. The van der Waals surface area contributed by atoms with E-state index in [-0.39, 0.29) is 51.3 Å². The number of ether oxygens (including phenoxy) is 1. The number of nitrogens with one attached hydrogen (secondary N) is 1. The highest BCUT2D eigenvalue weighted by atomic mass is 19.3. The molecule has 1 heterocycles. The number of nitrogens with zero attached hydrogens (tertiary/aromatic N) is 1. The number of likely N-dealkylation sites (tertiary alicyclic amines) is 1. The van der Waals surface area contributed by atoms with Crippen LogP contribution in [0.3, 0.4) is 0 Å². The van der Waals surface area contributed by atoms with Crippen LogP contribution < -0.4 is 5.32 Å². The van der Waals surface area contributed by atoms with Gasteiger partial charge in [-0.05, 0) is 41.5 Å². The molecule has 1 unspecified atom stereocenters. The minimum absolute atomic E-state index is 0.0550. The van der Waals surface area contributed by atoms with Gasteiger partial charge in [0.25, 0.3) is 0 Å². The zero-order valence-corrected chi connectivity index (χ0v) is 19.2. The summed E-state index contributed by atoms with van der Waals surface area (Å²) in [6.07, 6.45) is -3.37. The largest absolute Gasteiger partial charge is 0.481 e. The maximum Gasteiger partial charge on any atom is 0.407 e. The van der Waals surface area contributed by atoms with Gasteiger partial charge in [-0.1, -0.05) is 48.5 Å². The van der Waals surface area contributed by atoms with Gasteiger partial charge in [0.2, 0.25) is 12.3 Å². The van der Waals surface area contributed by atoms with E-state index in [9.17, 15) is 23.2 Å². The lowest BCUT2D eigenvalue weighted by atomic mass is 9.96. The number of carboxylic acid groups (broad SMARTS) is 1. The molecule has 0 aromatic heterocycles. The summed E-state index contributed by atoms with van der Waals surface area (Å²) in [6, 6.07) is 14.7. The summed E-state index contributed by atoms with van der Waals surface area (Å²) in [5.41, 5.74) is 4.25. The van der Waals surface area contributed by atoms with Gasteiger partial charge in [-0.25, -0.2) is 13.6 Å². The molecule has 0 bridgehead atoms. The fraction of sp³-hybridized carbons (Fsp3) is 0.423. The van der Waals surface area contributed by atoms with Crippen LogP contribution >= 0.6 is 0 Å². The van der Waals surface area contributed by atoms with E-state index in [0.29, 0.717) is 0 Å². The molecule has 1 atom stereocenters. The summed E-state index contributed by atoms with van der Waals surface area (Å²) in [5, 5.41) is 11.6. The molecule has 2 aromatic rings. The van der Waals surface area contributed by atoms with Crippen LogP contribution in [0.5, 0.6) is 0 Å². The molecule has 2 N–H and O–H groups in total. The number of carboxylic acids is 1. The quantitative estimate of drug-likeness (QED) is 0.581. The number of aliphatic carboxylic acids is 1. The number of alkyl halides is 2. The van der Waals surface area contributed by atoms with Crippen LogP contribution in [0.15, 0.2) is 48.5 Å². The third-order valence-electron chi connectivity index (χ3n) is 6.79. The number of carbonyl (C=O) groups excluding carboxylic acids is 2. The van der Waals surface area contributed by atoms with Crippen molar-refractivity contribution in [2.75, 3.05) is 19.7 Å². The first-order valence-corrected chi connectivity index (χ1v) is 11.8. The van der Waals surface area contributed by atoms with E-state index in [1.54, 1.807) is 0 Å². The van der Waals surface area contributed by atoms with Crippen molar-refractivity contribution < 1.29 is 33.0 Å². The minimum Gasteiger partial charge on any atom is -0.481 e. The maximum absolute atomic E-state index is 13.0. The highest BCUT2D eigenvalue weighted by Crippen LogP contribution is 2.44. The van der Waals surface area contributed by atoms with Crippen LogP contribution in [0.1, 0.15) is 42.7 Å². The molecule has 186 valence electrons. The standard InChI is InChI=1S/C26H28F2N2O5/c27-24(28)16-11-13-30(14-12-16)25(33)22(9-10-23(31)32)29-26(34)35-15-21-19-7-3-1-5-17(19)18-6-2-4-8-20(18)21/h1-8,16,21-22,24H,9-15H2,(H,29,34)(H,31,32). The summed E-state index contributed by atoms with van der Waals surface area (Å²) in [4.78, 5) is 38.1. The molecule has 0 saturated carbocycles. The molecule has 2 aliphatic rings. The number of hydrogen-bond donors (Lipinski definition) is 2. The Labute approximate surface area is 202 Å². The predicted octanol–water partition coefficient (Wildman–Crippen LogP) is 4.26. The zero-order chi connectivity index (χ0) is 24.9. The van der Waals surface area contributed by atoms with E-state index < -0.39 is 36.4 Å². The number of amides is 2. The molecule has 4 rings (SSSR count). The number of piperidine rings is 1. The van der Waals surface area contributed by atoms with Crippen LogP contribution in [0.4, 0.5) is 13.6 Å². The van der Waals surface area contributed by atoms with Gasteiger partial charge in [-0.15, -0.1) is 0 Å². The molecule has 0 spiro atoms. The SMILES string of the molecule is O=C(O)CCC(NC(=O)OCC1c2ccccc2-c2ccccc21)C(=O)N1CCC(C(F)F)CC1. The van der Waals surface area contributed by atoms with Crippen LogP contribution in [-0.4, -0.2) is 60.1 Å². The molecule has 35 heavy (non-hydrogen) atoms. The second-order valence-electron chi connectivity index (χ2n) is 8.95. The molecule has 2 amide bonds. The summed E-state index contributed by atoms with van der Waals surface area (Å²) in [5.74, 6) is -2.50. The second kappa shape index (κ2) is 10.8. The zero-order valence-electron chi connectivity index (χ0n) is 19.2. The van der Waals surface area contributed by atoms with Crippen molar-refractivity contribution in [3.63, 3.8) is 0 Å². The van der Waals surface area contributed by atoms with E-state index >= 15 is 0 Å². The first-order valence-electron chi connectivity index (χ1n) is 11.8. The molecule has 1 fully saturated rings. The lowest BCUT2D eigenvalue weighted by molar-refractivity contribution is -0.138. The fourth-order valence-corrected chi connectivity index (χ4v) is 4.90. The highest BCUT2D eigenvalue weighted by Gasteiger charge is 2.33. The van der Waals surface area contributed by atoms with E-state index in [4.69, 9.17) is 9.84 Å². The Morgan fingerprint density at radius 1 is 1.00 bits per heavy atom. The summed E-state index contributed by atoms with van der Waals surface area (Å²) >= 11 is 0. The van der Waals surface area contributed by atoms with Gasteiger partial charge in [-0.2, -0.15) is 0 Å². The maximum atomic E-state index is 13.0. The van der Waals surface area contributed by atoms with Crippen molar-refractivity contribution >= 4 is 18.0 Å². The molecular weight excluding hydrogens is 458 g/mol. The summed E-state index contributed by atoms with van der Waals surface area (Å²) in [6.45, 7) is 0.340. The second-order valence-corrected chi connectivity index (χ2v) is 8.95. The molecule has 1 aliphatic heterocycles. The number of benzene rings is 2. The Kier molecular flexibility index (Phi) is 7.63. The van der Waals surface area contributed by atoms with E-state index in [1.807, 2.05) is 48.5 Å². The summed E-state index contributed by atoms with van der Waals surface area (Å²) in [7, 11) is 0. The Morgan fingerprint density at radius 3 is 2.11 bits per heavy atom. The predicted molar refractivity (Wildman–Crippen MR) is 124 cm³/mol. The normalized spacial score (nSPS) is 16.5. The van der Waals surface area contributed by atoms with Gasteiger partial charge >= 0.3 is 12.1 Å². The third kappa shape index (κ3) is 5.61. The smallest absolute Gasteiger partial charge is 0.407 e. The van der Waals surface area contributed by atoms with Gasteiger partial charge in [0.1, 0.15) is 12.6 Å². The van der Waals surface area contributed by atoms with Gasteiger partial charge in [0, 0.05) is 31.3 Å². The minimum atomic E-state index is -2.44. The molecule has 7 nitrogen and oxygen atoms in total.